The van der Waals surface area contributed by atoms with E-state index in [0.29, 0.717) is 28.5 Å². The molecule has 1 saturated heterocycles. The minimum atomic E-state index is 0.476. The van der Waals surface area contributed by atoms with Crippen LogP contribution in [0.4, 0.5) is 17.6 Å². The van der Waals surface area contributed by atoms with Crippen LogP contribution in [0.2, 0.25) is 5.02 Å². The highest BCUT2D eigenvalue weighted by Gasteiger charge is 2.23. The summed E-state index contributed by atoms with van der Waals surface area (Å²) in [5.41, 5.74) is 3.77. The van der Waals surface area contributed by atoms with E-state index in [4.69, 9.17) is 33.8 Å². The molecule has 1 fully saturated rings. The maximum Gasteiger partial charge on any atom is 0.232 e. The van der Waals surface area contributed by atoms with Crippen molar-refractivity contribution in [2.45, 2.75) is 39.3 Å². The Morgan fingerprint density at radius 1 is 1.03 bits per heavy atom. The molecule has 2 aliphatic rings. The molecule has 0 saturated carbocycles. The standard InChI is InChI=1S/C27H31ClN6S/c1-19-7-6-13-33(17-19)24-15-25(34-14-12-20-8-2-3-10-22(20)18-34)31-26(30-24)32-27(35)29-16-21-9-4-5-11-23(21)28/h2-5,8-11,15,19H,6-7,12-14,16-18H2,1H3,(H2,29,30,31,32,35)/t19-/m0/s1. The predicted molar refractivity (Wildman–Crippen MR) is 148 cm³/mol. The van der Waals surface area contributed by atoms with Gasteiger partial charge in [-0.2, -0.15) is 9.97 Å². The van der Waals surface area contributed by atoms with Crippen molar-refractivity contribution >= 4 is 46.5 Å². The molecule has 35 heavy (non-hydrogen) atoms. The van der Waals surface area contributed by atoms with Crippen LogP contribution in [-0.2, 0) is 19.5 Å². The third kappa shape index (κ3) is 5.85. The number of hydrogen-bond donors (Lipinski definition) is 2. The highest BCUT2D eigenvalue weighted by atomic mass is 35.5. The Hall–Kier alpha value is -2.90. The van der Waals surface area contributed by atoms with Gasteiger partial charge in [-0.25, -0.2) is 0 Å². The summed E-state index contributed by atoms with van der Waals surface area (Å²) < 4.78 is 0. The van der Waals surface area contributed by atoms with Crippen molar-refractivity contribution in [1.82, 2.24) is 15.3 Å². The molecule has 0 aliphatic carbocycles. The third-order valence-corrected chi connectivity index (χ3v) is 7.37. The van der Waals surface area contributed by atoms with Crippen molar-refractivity contribution in [3.63, 3.8) is 0 Å². The van der Waals surface area contributed by atoms with Crippen LogP contribution < -0.4 is 20.4 Å². The number of fused-ring (bicyclic) bond motifs is 1. The van der Waals surface area contributed by atoms with E-state index in [-0.39, 0.29) is 0 Å². The highest BCUT2D eigenvalue weighted by molar-refractivity contribution is 7.80. The van der Waals surface area contributed by atoms with Crippen molar-refractivity contribution in [2.24, 2.45) is 5.92 Å². The number of aromatic nitrogens is 2. The zero-order valence-corrected chi connectivity index (χ0v) is 21.6. The lowest BCUT2D eigenvalue weighted by molar-refractivity contribution is 0.444. The Bertz CT molecular complexity index is 1200. The number of rotatable bonds is 5. The Balaban J connectivity index is 1.36. The van der Waals surface area contributed by atoms with Crippen LogP contribution in [0.15, 0.2) is 54.6 Å². The molecule has 0 radical (unpaired) electrons. The van der Waals surface area contributed by atoms with Crippen LogP contribution >= 0.6 is 23.8 Å². The van der Waals surface area contributed by atoms with Gasteiger partial charge in [-0.05, 0) is 60.2 Å². The second-order valence-electron chi connectivity index (χ2n) is 9.44. The molecule has 8 heteroatoms. The highest BCUT2D eigenvalue weighted by Crippen LogP contribution is 2.29. The number of nitrogens with zero attached hydrogens (tertiary/aromatic N) is 4. The van der Waals surface area contributed by atoms with Crippen LogP contribution in [0.3, 0.4) is 0 Å². The van der Waals surface area contributed by atoms with E-state index in [2.05, 4.69) is 57.7 Å². The molecule has 3 heterocycles. The summed E-state index contributed by atoms with van der Waals surface area (Å²) in [7, 11) is 0. The van der Waals surface area contributed by atoms with Gasteiger partial charge in [0, 0.05) is 43.8 Å². The zero-order valence-electron chi connectivity index (χ0n) is 20.0. The molecule has 3 aromatic rings. The van der Waals surface area contributed by atoms with Crippen LogP contribution in [0.1, 0.15) is 36.5 Å². The van der Waals surface area contributed by atoms with Crippen molar-refractivity contribution < 1.29 is 0 Å². The quantitative estimate of drug-likeness (QED) is 0.448. The number of halogens is 1. The summed E-state index contributed by atoms with van der Waals surface area (Å²) in [6.07, 6.45) is 3.45. The van der Waals surface area contributed by atoms with Crippen LogP contribution in [0.25, 0.3) is 0 Å². The van der Waals surface area contributed by atoms with Crippen LogP contribution in [0.5, 0.6) is 0 Å². The van der Waals surface area contributed by atoms with E-state index in [1.807, 2.05) is 24.3 Å². The van der Waals surface area contributed by atoms with E-state index in [1.54, 1.807) is 0 Å². The SMILES string of the molecule is C[C@H]1CCCN(c2cc(N3CCc4ccccc4C3)nc(NC(=S)NCc3ccccc3Cl)n2)C1. The van der Waals surface area contributed by atoms with E-state index < -0.39 is 0 Å². The van der Waals surface area contributed by atoms with Gasteiger partial charge in [-0.3, -0.25) is 0 Å². The number of nitrogens with one attached hydrogen (secondary N) is 2. The first-order chi connectivity index (χ1) is 17.0. The number of piperidine rings is 1. The average molecular weight is 507 g/mol. The van der Waals surface area contributed by atoms with Gasteiger partial charge in [0.1, 0.15) is 11.6 Å². The van der Waals surface area contributed by atoms with Crippen LogP contribution in [0, 0.1) is 5.92 Å². The maximum atomic E-state index is 6.29. The van der Waals surface area contributed by atoms with Crippen LogP contribution in [-0.4, -0.2) is 34.7 Å². The molecule has 5 rings (SSSR count). The van der Waals surface area contributed by atoms with Gasteiger partial charge in [0.15, 0.2) is 5.11 Å². The molecular weight excluding hydrogens is 476 g/mol. The number of anilines is 3. The minimum absolute atomic E-state index is 0.476. The summed E-state index contributed by atoms with van der Waals surface area (Å²) in [5.74, 6) is 3.06. The van der Waals surface area contributed by atoms with Gasteiger partial charge < -0.3 is 20.4 Å². The predicted octanol–water partition coefficient (Wildman–Crippen LogP) is 5.42. The van der Waals surface area contributed by atoms with Gasteiger partial charge >= 0.3 is 0 Å². The number of benzene rings is 2. The lowest BCUT2D eigenvalue weighted by atomic mass is 10.00. The first-order valence-electron chi connectivity index (χ1n) is 12.3. The van der Waals surface area contributed by atoms with E-state index in [0.717, 1.165) is 49.8 Å². The number of thiocarbonyl (C=S) groups is 1. The maximum absolute atomic E-state index is 6.29. The molecular formula is C27H31ClN6S. The van der Waals surface area contributed by atoms with Gasteiger partial charge in [0.25, 0.3) is 0 Å². The Labute approximate surface area is 217 Å². The van der Waals surface area contributed by atoms with E-state index >= 15 is 0 Å². The molecule has 182 valence electrons. The summed E-state index contributed by atoms with van der Waals surface area (Å²) in [6.45, 7) is 6.63. The fourth-order valence-electron chi connectivity index (χ4n) is 4.85. The zero-order chi connectivity index (χ0) is 24.2. The molecule has 2 aliphatic heterocycles. The lowest BCUT2D eigenvalue weighted by Gasteiger charge is -2.34. The molecule has 1 atom stereocenters. The lowest BCUT2D eigenvalue weighted by Crippen LogP contribution is -2.36. The fourth-order valence-corrected chi connectivity index (χ4v) is 5.22. The van der Waals surface area contributed by atoms with Crippen molar-refractivity contribution in [3.05, 3.63) is 76.3 Å². The molecule has 2 aromatic carbocycles. The van der Waals surface area contributed by atoms with Crippen molar-refractivity contribution in [1.29, 1.82) is 0 Å². The first-order valence-corrected chi connectivity index (χ1v) is 13.1. The monoisotopic (exact) mass is 506 g/mol. The first kappa shape index (κ1) is 23.8. The topological polar surface area (TPSA) is 56.3 Å². The molecule has 0 bridgehead atoms. The largest absolute Gasteiger partial charge is 0.358 e. The summed E-state index contributed by atoms with van der Waals surface area (Å²) in [6, 6.07) is 18.6. The molecule has 1 aromatic heterocycles. The summed E-state index contributed by atoms with van der Waals surface area (Å²) in [4.78, 5) is 14.5. The van der Waals surface area contributed by atoms with Gasteiger partial charge in [-0.1, -0.05) is 61.0 Å². The van der Waals surface area contributed by atoms with Gasteiger partial charge in [0.2, 0.25) is 5.95 Å². The molecule has 0 spiro atoms. The molecule has 0 amide bonds. The Morgan fingerprint density at radius 2 is 1.77 bits per heavy atom. The Morgan fingerprint density at radius 3 is 2.57 bits per heavy atom. The second-order valence-corrected chi connectivity index (χ2v) is 10.3. The van der Waals surface area contributed by atoms with E-state index in [9.17, 15) is 0 Å². The van der Waals surface area contributed by atoms with Gasteiger partial charge in [-0.15, -0.1) is 0 Å². The average Bonchev–Trinajstić information content (AvgIpc) is 2.88. The van der Waals surface area contributed by atoms with Crippen molar-refractivity contribution in [3.8, 4) is 0 Å². The molecule has 6 nitrogen and oxygen atoms in total. The summed E-state index contributed by atoms with van der Waals surface area (Å²) >= 11 is 11.9. The van der Waals surface area contributed by atoms with Gasteiger partial charge in [0.05, 0.1) is 0 Å². The molecule has 0 unspecified atom stereocenters. The smallest absolute Gasteiger partial charge is 0.232 e. The number of hydrogen-bond acceptors (Lipinski definition) is 5. The minimum Gasteiger partial charge on any atom is -0.358 e. The third-order valence-electron chi connectivity index (χ3n) is 6.76. The Kier molecular flexibility index (Phi) is 7.35. The summed E-state index contributed by atoms with van der Waals surface area (Å²) in [5, 5.41) is 7.65. The molecule has 2 N–H and O–H groups in total. The second kappa shape index (κ2) is 10.8. The normalized spacial score (nSPS) is 17.6. The fraction of sp³-hybridized carbons (Fsp3) is 0.370. The van der Waals surface area contributed by atoms with E-state index in [1.165, 1.54) is 24.0 Å². The van der Waals surface area contributed by atoms with Crippen molar-refractivity contribution in [2.75, 3.05) is 34.8 Å².